The van der Waals surface area contributed by atoms with Crippen LogP contribution in [0.2, 0.25) is 0 Å². The molecule has 2 aliphatic heterocycles. The highest BCUT2D eigenvalue weighted by molar-refractivity contribution is 5.01. The van der Waals surface area contributed by atoms with Crippen LogP contribution in [0.3, 0.4) is 0 Å². The van der Waals surface area contributed by atoms with Crippen LogP contribution < -0.4 is 5.32 Å². The van der Waals surface area contributed by atoms with E-state index in [-0.39, 0.29) is 0 Å². The number of hydrogen-bond acceptors (Lipinski definition) is 2. The first-order chi connectivity index (χ1) is 7.79. The Labute approximate surface area is 99.8 Å². The van der Waals surface area contributed by atoms with Crippen LogP contribution in [0.25, 0.3) is 0 Å². The first-order valence-electron chi connectivity index (χ1n) is 7.26. The Bertz CT molecular complexity index is 237. The minimum absolute atomic E-state index is 0.757. The molecule has 3 fully saturated rings. The average Bonchev–Trinajstić information content (AvgIpc) is 2.28. The molecule has 0 aromatic rings. The summed E-state index contributed by atoms with van der Waals surface area (Å²) in [5.41, 5.74) is 0.757. The van der Waals surface area contributed by atoms with Crippen LogP contribution in [0.4, 0.5) is 0 Å². The molecule has 0 aromatic carbocycles. The predicted octanol–water partition coefficient (Wildman–Crippen LogP) is 2.39. The predicted molar refractivity (Wildman–Crippen MR) is 67.6 cm³/mol. The molecular formula is C14H26N2. The fraction of sp³-hybridized carbons (Fsp3) is 1.00. The molecule has 0 radical (unpaired) electrons. The van der Waals surface area contributed by atoms with Crippen molar-refractivity contribution in [1.29, 1.82) is 0 Å². The van der Waals surface area contributed by atoms with Crippen LogP contribution in [-0.2, 0) is 0 Å². The Hall–Kier alpha value is -0.0800. The van der Waals surface area contributed by atoms with Crippen LogP contribution in [-0.4, -0.2) is 36.6 Å². The Kier molecular flexibility index (Phi) is 2.97. The lowest BCUT2D eigenvalue weighted by atomic mass is 9.60. The van der Waals surface area contributed by atoms with Gasteiger partial charge in [-0.3, -0.25) is 4.90 Å². The van der Waals surface area contributed by atoms with Crippen LogP contribution in [0.1, 0.15) is 51.9 Å². The van der Waals surface area contributed by atoms with E-state index in [1.54, 1.807) is 0 Å². The van der Waals surface area contributed by atoms with Gasteiger partial charge in [-0.15, -0.1) is 0 Å². The number of nitrogens with one attached hydrogen (secondary N) is 1. The molecule has 2 nitrogen and oxygen atoms in total. The lowest BCUT2D eigenvalue weighted by Gasteiger charge is -2.56. The van der Waals surface area contributed by atoms with Gasteiger partial charge in [0.05, 0.1) is 0 Å². The Balaban J connectivity index is 1.55. The van der Waals surface area contributed by atoms with Gasteiger partial charge in [0, 0.05) is 12.1 Å². The minimum atomic E-state index is 0.757. The van der Waals surface area contributed by atoms with Gasteiger partial charge in [-0.05, 0) is 70.5 Å². The first-order valence-corrected chi connectivity index (χ1v) is 7.26. The van der Waals surface area contributed by atoms with Crippen LogP contribution in [0.15, 0.2) is 0 Å². The van der Waals surface area contributed by atoms with Crippen molar-refractivity contribution in [3.05, 3.63) is 0 Å². The second-order valence-corrected chi connectivity index (χ2v) is 6.39. The summed E-state index contributed by atoms with van der Waals surface area (Å²) in [4.78, 5) is 2.82. The fourth-order valence-electron chi connectivity index (χ4n) is 4.20. The van der Waals surface area contributed by atoms with E-state index in [1.807, 2.05) is 0 Å². The number of rotatable bonds is 1. The van der Waals surface area contributed by atoms with Crippen molar-refractivity contribution in [3.63, 3.8) is 0 Å². The molecule has 1 spiro atoms. The zero-order valence-electron chi connectivity index (χ0n) is 10.7. The summed E-state index contributed by atoms with van der Waals surface area (Å²) in [6, 6.07) is 1.80. The second-order valence-electron chi connectivity index (χ2n) is 6.39. The summed E-state index contributed by atoms with van der Waals surface area (Å²) in [5, 5.41) is 3.50. The first kappa shape index (κ1) is 11.0. The monoisotopic (exact) mass is 222 g/mol. The van der Waals surface area contributed by atoms with Crippen molar-refractivity contribution >= 4 is 0 Å². The molecule has 1 unspecified atom stereocenters. The van der Waals surface area contributed by atoms with E-state index in [2.05, 4.69) is 17.1 Å². The van der Waals surface area contributed by atoms with Crippen molar-refractivity contribution in [1.82, 2.24) is 10.2 Å². The maximum absolute atomic E-state index is 3.50. The summed E-state index contributed by atoms with van der Waals surface area (Å²) >= 11 is 0. The van der Waals surface area contributed by atoms with Gasteiger partial charge in [-0.2, -0.15) is 0 Å². The largest absolute Gasteiger partial charge is 0.317 e. The summed E-state index contributed by atoms with van der Waals surface area (Å²) in [5.74, 6) is 0. The molecule has 92 valence electrons. The highest BCUT2D eigenvalue weighted by Gasteiger charge is 2.47. The molecule has 0 aromatic heterocycles. The van der Waals surface area contributed by atoms with Gasteiger partial charge in [0.15, 0.2) is 0 Å². The zero-order chi connectivity index (χ0) is 11.0. The lowest BCUT2D eigenvalue weighted by molar-refractivity contribution is -0.0454. The quantitative estimate of drug-likeness (QED) is 0.733. The van der Waals surface area contributed by atoms with Crippen molar-refractivity contribution in [2.24, 2.45) is 5.41 Å². The van der Waals surface area contributed by atoms with Crippen molar-refractivity contribution < 1.29 is 0 Å². The molecule has 1 saturated carbocycles. The Morgan fingerprint density at radius 1 is 1.12 bits per heavy atom. The van der Waals surface area contributed by atoms with Gasteiger partial charge in [-0.1, -0.05) is 6.42 Å². The molecule has 0 amide bonds. The second kappa shape index (κ2) is 4.30. The van der Waals surface area contributed by atoms with Gasteiger partial charge in [0.25, 0.3) is 0 Å². The molecule has 2 heteroatoms. The van der Waals surface area contributed by atoms with E-state index in [1.165, 1.54) is 64.6 Å². The molecular weight excluding hydrogens is 196 g/mol. The molecule has 1 atom stereocenters. The molecule has 2 heterocycles. The topological polar surface area (TPSA) is 15.3 Å². The number of likely N-dealkylation sites (tertiary alicyclic amines) is 1. The average molecular weight is 222 g/mol. The van der Waals surface area contributed by atoms with Crippen LogP contribution in [0.5, 0.6) is 0 Å². The molecule has 3 aliphatic rings. The third-order valence-corrected chi connectivity index (χ3v) is 5.32. The standard InChI is InChI=1S/C14H26N2/c1-12-4-2-3-9-16(12)13-10-14(11-13)5-7-15-8-6-14/h12-13,15H,2-11H2,1H3. The van der Waals surface area contributed by atoms with E-state index in [0.29, 0.717) is 0 Å². The number of piperidine rings is 2. The SMILES string of the molecule is CC1CCCCN1C1CC2(CCNCC2)C1. The smallest absolute Gasteiger partial charge is 0.0109 e. The summed E-state index contributed by atoms with van der Waals surface area (Å²) in [6.07, 6.45) is 10.2. The Morgan fingerprint density at radius 2 is 1.88 bits per heavy atom. The van der Waals surface area contributed by atoms with Gasteiger partial charge in [0.1, 0.15) is 0 Å². The summed E-state index contributed by atoms with van der Waals surface area (Å²) < 4.78 is 0. The van der Waals surface area contributed by atoms with Gasteiger partial charge in [0.2, 0.25) is 0 Å². The van der Waals surface area contributed by atoms with E-state index < -0.39 is 0 Å². The molecule has 1 aliphatic carbocycles. The van der Waals surface area contributed by atoms with Gasteiger partial charge < -0.3 is 5.32 Å². The van der Waals surface area contributed by atoms with Gasteiger partial charge in [-0.25, -0.2) is 0 Å². The van der Waals surface area contributed by atoms with Crippen molar-refractivity contribution in [3.8, 4) is 0 Å². The molecule has 1 N–H and O–H groups in total. The van der Waals surface area contributed by atoms with Crippen molar-refractivity contribution in [2.45, 2.75) is 64.0 Å². The molecule has 2 saturated heterocycles. The molecule has 0 bridgehead atoms. The lowest BCUT2D eigenvalue weighted by Crippen LogP contribution is -2.57. The minimum Gasteiger partial charge on any atom is -0.317 e. The molecule has 3 rings (SSSR count). The third kappa shape index (κ3) is 1.91. The summed E-state index contributed by atoms with van der Waals surface area (Å²) in [7, 11) is 0. The zero-order valence-corrected chi connectivity index (χ0v) is 10.7. The normalized spacial score (nSPS) is 36.2. The summed E-state index contributed by atoms with van der Waals surface area (Å²) in [6.45, 7) is 6.34. The van der Waals surface area contributed by atoms with Crippen LogP contribution >= 0.6 is 0 Å². The van der Waals surface area contributed by atoms with E-state index in [9.17, 15) is 0 Å². The van der Waals surface area contributed by atoms with E-state index in [4.69, 9.17) is 0 Å². The highest BCUT2D eigenvalue weighted by atomic mass is 15.2. The van der Waals surface area contributed by atoms with Gasteiger partial charge >= 0.3 is 0 Å². The van der Waals surface area contributed by atoms with Crippen molar-refractivity contribution in [2.75, 3.05) is 19.6 Å². The number of hydrogen-bond donors (Lipinski definition) is 1. The fourth-order valence-corrected chi connectivity index (χ4v) is 4.20. The van der Waals surface area contributed by atoms with E-state index >= 15 is 0 Å². The maximum atomic E-state index is 3.50. The third-order valence-electron chi connectivity index (χ3n) is 5.32. The highest BCUT2D eigenvalue weighted by Crippen LogP contribution is 2.50. The Morgan fingerprint density at radius 3 is 2.56 bits per heavy atom. The maximum Gasteiger partial charge on any atom is 0.0109 e. The van der Waals surface area contributed by atoms with E-state index in [0.717, 1.165) is 17.5 Å². The molecule has 16 heavy (non-hydrogen) atoms. The van der Waals surface area contributed by atoms with Crippen LogP contribution in [0, 0.1) is 5.41 Å². The number of nitrogens with zero attached hydrogens (tertiary/aromatic N) is 1.